The standard InChI is InChI=1S/C16H22N2O3S/c19-14-3-1-13(2-4-14)16-18(15(20)5-12-22-16)7-6-17-8-10-21-11-9-17/h1-4,16,19H,5-12H2. The average Bonchev–Trinajstić information content (AvgIpc) is 2.55. The van der Waals surface area contributed by atoms with Crippen molar-refractivity contribution in [3.8, 4) is 5.75 Å². The lowest BCUT2D eigenvalue weighted by Gasteiger charge is -2.37. The maximum atomic E-state index is 12.3. The molecule has 1 aromatic rings. The van der Waals surface area contributed by atoms with Gasteiger partial charge in [0.25, 0.3) is 0 Å². The van der Waals surface area contributed by atoms with Crippen molar-refractivity contribution in [3.63, 3.8) is 0 Å². The summed E-state index contributed by atoms with van der Waals surface area (Å²) in [4.78, 5) is 16.7. The summed E-state index contributed by atoms with van der Waals surface area (Å²) >= 11 is 1.80. The fourth-order valence-electron chi connectivity index (χ4n) is 2.85. The Balaban J connectivity index is 1.66. The summed E-state index contributed by atoms with van der Waals surface area (Å²) in [5.74, 6) is 1.35. The number of aromatic hydroxyl groups is 1. The van der Waals surface area contributed by atoms with E-state index in [-0.39, 0.29) is 17.0 Å². The van der Waals surface area contributed by atoms with Crippen molar-refractivity contribution in [2.75, 3.05) is 45.1 Å². The quantitative estimate of drug-likeness (QED) is 0.914. The van der Waals surface area contributed by atoms with E-state index in [1.54, 1.807) is 23.9 Å². The molecule has 1 aromatic carbocycles. The Kier molecular flexibility index (Phi) is 5.23. The summed E-state index contributed by atoms with van der Waals surface area (Å²) in [6.07, 6.45) is 0.613. The lowest BCUT2D eigenvalue weighted by molar-refractivity contribution is -0.132. The molecule has 0 bridgehead atoms. The molecule has 3 rings (SSSR count). The molecule has 2 fully saturated rings. The van der Waals surface area contributed by atoms with Gasteiger partial charge in [0.2, 0.25) is 5.91 Å². The van der Waals surface area contributed by atoms with Gasteiger partial charge in [-0.25, -0.2) is 0 Å². The van der Waals surface area contributed by atoms with Gasteiger partial charge in [-0.1, -0.05) is 12.1 Å². The van der Waals surface area contributed by atoms with Gasteiger partial charge < -0.3 is 14.7 Å². The molecule has 0 aliphatic carbocycles. The van der Waals surface area contributed by atoms with Crippen LogP contribution in [0.25, 0.3) is 0 Å². The average molecular weight is 322 g/mol. The number of carbonyl (C=O) groups excluding carboxylic acids is 1. The van der Waals surface area contributed by atoms with Gasteiger partial charge in [-0.15, -0.1) is 11.8 Å². The first-order valence-electron chi connectivity index (χ1n) is 7.74. The third-order valence-electron chi connectivity index (χ3n) is 4.13. The molecule has 2 aliphatic rings. The molecule has 22 heavy (non-hydrogen) atoms. The SMILES string of the molecule is O=C1CCSC(c2ccc(O)cc2)N1CCN1CCOCC1. The summed E-state index contributed by atoms with van der Waals surface area (Å²) < 4.78 is 5.36. The Morgan fingerprint density at radius 2 is 1.91 bits per heavy atom. The molecular formula is C16H22N2O3S. The van der Waals surface area contributed by atoms with Crippen molar-refractivity contribution in [1.82, 2.24) is 9.80 Å². The summed E-state index contributed by atoms with van der Waals surface area (Å²) in [5.41, 5.74) is 1.08. The van der Waals surface area contributed by atoms with Gasteiger partial charge in [-0.05, 0) is 17.7 Å². The summed E-state index contributed by atoms with van der Waals surface area (Å²) in [5, 5.41) is 9.50. The van der Waals surface area contributed by atoms with E-state index in [1.807, 2.05) is 17.0 Å². The summed E-state index contributed by atoms with van der Waals surface area (Å²) in [7, 11) is 0. The van der Waals surface area contributed by atoms with Crippen molar-refractivity contribution < 1.29 is 14.6 Å². The van der Waals surface area contributed by atoms with Gasteiger partial charge in [0.1, 0.15) is 11.1 Å². The van der Waals surface area contributed by atoms with Crippen LogP contribution in [0.1, 0.15) is 17.4 Å². The van der Waals surface area contributed by atoms with Gasteiger partial charge >= 0.3 is 0 Å². The van der Waals surface area contributed by atoms with Crippen LogP contribution >= 0.6 is 11.8 Å². The predicted octanol–water partition coefficient (Wildman–Crippen LogP) is 1.69. The molecule has 0 saturated carbocycles. The van der Waals surface area contributed by atoms with E-state index < -0.39 is 0 Å². The van der Waals surface area contributed by atoms with Gasteiger partial charge in [-0.3, -0.25) is 9.69 Å². The second-order valence-electron chi connectivity index (χ2n) is 5.61. The van der Waals surface area contributed by atoms with Gasteiger partial charge in [0, 0.05) is 38.4 Å². The Labute approximate surface area is 135 Å². The van der Waals surface area contributed by atoms with Crippen molar-refractivity contribution in [3.05, 3.63) is 29.8 Å². The molecule has 2 heterocycles. The minimum atomic E-state index is 0.0582. The van der Waals surface area contributed by atoms with E-state index in [0.717, 1.165) is 50.7 Å². The number of carbonyl (C=O) groups is 1. The molecule has 120 valence electrons. The third kappa shape index (κ3) is 3.74. The van der Waals surface area contributed by atoms with E-state index in [4.69, 9.17) is 4.74 Å². The molecule has 0 radical (unpaired) electrons. The number of amides is 1. The molecule has 1 amide bonds. The molecule has 0 spiro atoms. The highest BCUT2D eigenvalue weighted by molar-refractivity contribution is 7.99. The van der Waals surface area contributed by atoms with E-state index in [2.05, 4.69) is 4.90 Å². The first-order chi connectivity index (χ1) is 10.7. The van der Waals surface area contributed by atoms with Crippen LogP contribution in [0.2, 0.25) is 0 Å². The molecule has 5 nitrogen and oxygen atoms in total. The van der Waals surface area contributed by atoms with Crippen molar-refractivity contribution in [1.29, 1.82) is 0 Å². The maximum Gasteiger partial charge on any atom is 0.224 e. The summed E-state index contributed by atoms with van der Waals surface area (Å²) in [6, 6.07) is 7.20. The summed E-state index contributed by atoms with van der Waals surface area (Å²) in [6.45, 7) is 5.09. The molecule has 2 aliphatic heterocycles. The lowest BCUT2D eigenvalue weighted by atomic mass is 10.2. The molecule has 0 aromatic heterocycles. The van der Waals surface area contributed by atoms with Gasteiger partial charge in [0.15, 0.2) is 0 Å². The monoisotopic (exact) mass is 322 g/mol. The zero-order chi connectivity index (χ0) is 15.4. The smallest absolute Gasteiger partial charge is 0.224 e. The lowest BCUT2D eigenvalue weighted by Crippen LogP contribution is -2.45. The van der Waals surface area contributed by atoms with Crippen LogP contribution in [0.15, 0.2) is 24.3 Å². The number of hydrogen-bond acceptors (Lipinski definition) is 5. The number of rotatable bonds is 4. The highest BCUT2D eigenvalue weighted by Gasteiger charge is 2.30. The number of benzene rings is 1. The first-order valence-corrected chi connectivity index (χ1v) is 8.79. The Bertz CT molecular complexity index is 503. The zero-order valence-electron chi connectivity index (χ0n) is 12.6. The highest BCUT2D eigenvalue weighted by Crippen LogP contribution is 2.37. The number of morpholine rings is 1. The number of nitrogens with zero attached hydrogens (tertiary/aromatic N) is 2. The predicted molar refractivity (Wildman–Crippen MR) is 86.9 cm³/mol. The van der Waals surface area contributed by atoms with Crippen LogP contribution in [0, 0.1) is 0 Å². The van der Waals surface area contributed by atoms with E-state index in [1.165, 1.54) is 0 Å². The second-order valence-corrected chi connectivity index (χ2v) is 6.79. The number of hydrogen-bond donors (Lipinski definition) is 1. The normalized spacial score (nSPS) is 23.7. The van der Waals surface area contributed by atoms with Crippen LogP contribution in [0.5, 0.6) is 5.75 Å². The minimum Gasteiger partial charge on any atom is -0.508 e. The number of phenolic OH excluding ortho intramolecular Hbond substituents is 1. The Morgan fingerprint density at radius 1 is 1.18 bits per heavy atom. The number of thioether (sulfide) groups is 1. The fourth-order valence-corrected chi connectivity index (χ4v) is 4.12. The van der Waals surface area contributed by atoms with Gasteiger partial charge in [-0.2, -0.15) is 0 Å². The number of phenols is 1. The third-order valence-corrected chi connectivity index (χ3v) is 5.42. The topological polar surface area (TPSA) is 53.0 Å². The number of ether oxygens (including phenoxy) is 1. The van der Waals surface area contributed by atoms with Crippen molar-refractivity contribution >= 4 is 17.7 Å². The molecule has 6 heteroatoms. The molecule has 1 unspecified atom stereocenters. The van der Waals surface area contributed by atoms with E-state index in [0.29, 0.717) is 6.42 Å². The van der Waals surface area contributed by atoms with Crippen LogP contribution in [-0.4, -0.2) is 66.0 Å². The van der Waals surface area contributed by atoms with Crippen LogP contribution in [-0.2, 0) is 9.53 Å². The van der Waals surface area contributed by atoms with E-state index in [9.17, 15) is 9.90 Å². The largest absolute Gasteiger partial charge is 0.508 e. The molecule has 1 N–H and O–H groups in total. The van der Waals surface area contributed by atoms with Crippen LogP contribution in [0.4, 0.5) is 0 Å². The molecule has 1 atom stereocenters. The minimum absolute atomic E-state index is 0.0582. The highest BCUT2D eigenvalue weighted by atomic mass is 32.2. The maximum absolute atomic E-state index is 12.3. The fraction of sp³-hybridized carbons (Fsp3) is 0.562. The zero-order valence-corrected chi connectivity index (χ0v) is 13.4. The molecule has 2 saturated heterocycles. The van der Waals surface area contributed by atoms with E-state index >= 15 is 0 Å². The Hall–Kier alpha value is -1.24. The Morgan fingerprint density at radius 3 is 2.64 bits per heavy atom. The molecular weight excluding hydrogens is 300 g/mol. The van der Waals surface area contributed by atoms with Crippen LogP contribution < -0.4 is 0 Å². The van der Waals surface area contributed by atoms with Crippen LogP contribution in [0.3, 0.4) is 0 Å². The van der Waals surface area contributed by atoms with Crippen molar-refractivity contribution in [2.24, 2.45) is 0 Å². The first kappa shape index (κ1) is 15.6. The van der Waals surface area contributed by atoms with Crippen molar-refractivity contribution in [2.45, 2.75) is 11.8 Å². The van der Waals surface area contributed by atoms with Gasteiger partial charge in [0.05, 0.1) is 13.2 Å². The second kappa shape index (κ2) is 7.35.